The van der Waals surface area contributed by atoms with Gasteiger partial charge < -0.3 is 28.6 Å². The van der Waals surface area contributed by atoms with Crippen molar-refractivity contribution in [3.63, 3.8) is 0 Å². The maximum atomic E-state index is 14.2. The number of hydrogen-bond acceptors (Lipinski definition) is 8. The van der Waals surface area contributed by atoms with E-state index < -0.39 is 23.1 Å². The molecule has 1 saturated heterocycles. The van der Waals surface area contributed by atoms with Crippen LogP contribution < -0.4 is 24.5 Å². The van der Waals surface area contributed by atoms with Crippen LogP contribution in [0.4, 0.5) is 18.9 Å². The first-order valence-electron chi connectivity index (χ1n) is 13.1. The number of fused-ring (bicyclic) bond motifs is 1. The molecule has 5 rings (SSSR count). The van der Waals surface area contributed by atoms with Gasteiger partial charge in [-0.25, -0.2) is 0 Å². The van der Waals surface area contributed by atoms with E-state index in [-0.39, 0.29) is 46.9 Å². The van der Waals surface area contributed by atoms with Crippen LogP contribution in [0.5, 0.6) is 28.7 Å². The van der Waals surface area contributed by atoms with Crippen molar-refractivity contribution in [2.45, 2.75) is 19.6 Å². The lowest BCUT2D eigenvalue weighted by Crippen LogP contribution is -2.46. The Bertz CT molecular complexity index is 1580. The Kier molecular flexibility index (Phi) is 7.98. The van der Waals surface area contributed by atoms with E-state index in [1.54, 1.807) is 26.2 Å². The number of aromatic hydroxyl groups is 1. The van der Waals surface area contributed by atoms with Crippen molar-refractivity contribution >= 4 is 16.7 Å². The molecule has 1 fully saturated rings. The molecule has 41 heavy (non-hydrogen) atoms. The summed E-state index contributed by atoms with van der Waals surface area (Å²) in [5.41, 5.74) is -0.206. The lowest BCUT2D eigenvalue weighted by atomic mass is 10.1. The number of phenolic OH excluding ortho intramolecular Hbond substituents is 1. The molecule has 4 aromatic rings. The Labute approximate surface area is 234 Å². The Morgan fingerprint density at radius 3 is 2.27 bits per heavy atom. The van der Waals surface area contributed by atoms with Crippen molar-refractivity contribution in [1.29, 1.82) is 0 Å². The highest BCUT2D eigenvalue weighted by atomic mass is 19.4. The van der Waals surface area contributed by atoms with Gasteiger partial charge in [0.15, 0.2) is 11.5 Å². The van der Waals surface area contributed by atoms with Crippen LogP contribution in [-0.2, 0) is 12.7 Å². The van der Waals surface area contributed by atoms with Crippen molar-refractivity contribution in [3.8, 4) is 28.7 Å². The standard InChI is InChI=1S/C30H29F3N2O6/c1-3-39-24-6-4-5-7-25(24)40-28-26(37)21-12-13-23(36)22(27(21)41-29(28)30(31,32)33)18-34-14-16-35(17-15-34)19-8-10-20(38-2)11-9-19/h4-13,36H,3,14-18H2,1-2H3. The molecule has 8 nitrogen and oxygen atoms in total. The number of piperazine rings is 1. The summed E-state index contributed by atoms with van der Waals surface area (Å²) in [5, 5.41) is 10.5. The molecule has 1 aliphatic rings. The molecule has 2 heterocycles. The second-order valence-corrected chi connectivity index (χ2v) is 9.47. The Hall–Kier alpha value is -4.38. The van der Waals surface area contributed by atoms with Gasteiger partial charge in [0, 0.05) is 38.4 Å². The molecule has 1 aromatic heterocycles. The van der Waals surface area contributed by atoms with Gasteiger partial charge in [-0.2, -0.15) is 13.2 Å². The SMILES string of the molecule is CCOc1ccccc1Oc1c(C(F)(F)F)oc2c(CN3CCN(c4ccc(OC)cc4)CC3)c(O)ccc2c1=O. The van der Waals surface area contributed by atoms with E-state index >= 15 is 0 Å². The summed E-state index contributed by atoms with van der Waals surface area (Å²) in [6.45, 7) is 4.53. The van der Waals surface area contributed by atoms with Gasteiger partial charge in [-0.1, -0.05) is 12.1 Å². The second kappa shape index (κ2) is 11.6. The molecular weight excluding hydrogens is 541 g/mol. The fourth-order valence-electron chi connectivity index (χ4n) is 4.82. The smallest absolute Gasteiger partial charge is 0.453 e. The zero-order valence-electron chi connectivity index (χ0n) is 22.5. The molecule has 0 saturated carbocycles. The number of methoxy groups -OCH3 is 1. The molecule has 11 heteroatoms. The minimum atomic E-state index is -5.05. The number of nitrogens with zero attached hydrogens (tertiary/aromatic N) is 2. The number of para-hydroxylation sites is 2. The van der Waals surface area contributed by atoms with Crippen molar-refractivity contribution in [2.24, 2.45) is 0 Å². The Balaban J connectivity index is 1.46. The van der Waals surface area contributed by atoms with E-state index in [1.807, 2.05) is 29.2 Å². The summed E-state index contributed by atoms with van der Waals surface area (Å²) in [5.74, 6) is -1.96. The second-order valence-electron chi connectivity index (χ2n) is 9.47. The van der Waals surface area contributed by atoms with Gasteiger partial charge in [0.1, 0.15) is 17.1 Å². The van der Waals surface area contributed by atoms with Gasteiger partial charge in [-0.3, -0.25) is 9.69 Å². The summed E-state index contributed by atoms with van der Waals surface area (Å²) in [6, 6.07) is 16.3. The number of benzene rings is 3. The predicted octanol–water partition coefficient (Wildman–Crippen LogP) is 6.04. The largest absolute Gasteiger partial charge is 0.507 e. The molecular formula is C30H29F3N2O6. The summed E-state index contributed by atoms with van der Waals surface area (Å²) >= 11 is 0. The van der Waals surface area contributed by atoms with Gasteiger partial charge in [0.2, 0.25) is 11.2 Å². The molecule has 0 bridgehead atoms. The van der Waals surface area contributed by atoms with E-state index in [1.165, 1.54) is 24.3 Å². The maximum absolute atomic E-state index is 14.2. The highest BCUT2D eigenvalue weighted by molar-refractivity contribution is 5.83. The molecule has 0 amide bonds. The number of halogens is 3. The van der Waals surface area contributed by atoms with Crippen LogP contribution in [0.3, 0.4) is 0 Å². The normalized spacial score (nSPS) is 14.3. The Morgan fingerprint density at radius 2 is 1.63 bits per heavy atom. The molecule has 0 spiro atoms. The van der Waals surface area contributed by atoms with Crippen LogP contribution in [0.25, 0.3) is 11.0 Å². The third kappa shape index (κ3) is 5.90. The van der Waals surface area contributed by atoms with Gasteiger partial charge in [0.25, 0.3) is 5.76 Å². The van der Waals surface area contributed by atoms with Gasteiger partial charge in [0.05, 0.1) is 24.7 Å². The number of phenols is 1. The third-order valence-corrected chi connectivity index (χ3v) is 6.91. The fraction of sp³-hybridized carbons (Fsp3) is 0.300. The maximum Gasteiger partial charge on any atom is 0.453 e. The molecule has 0 radical (unpaired) electrons. The number of alkyl halides is 3. The zero-order valence-corrected chi connectivity index (χ0v) is 22.5. The minimum Gasteiger partial charge on any atom is -0.507 e. The number of anilines is 1. The third-order valence-electron chi connectivity index (χ3n) is 6.91. The van der Waals surface area contributed by atoms with Crippen molar-refractivity contribution < 1.29 is 36.9 Å². The first kappa shape index (κ1) is 28.2. The molecule has 1 N–H and O–H groups in total. The minimum absolute atomic E-state index is 0.0553. The van der Waals surface area contributed by atoms with Crippen LogP contribution >= 0.6 is 0 Å². The quantitative estimate of drug-likeness (QED) is 0.275. The lowest BCUT2D eigenvalue weighted by molar-refractivity contribution is -0.154. The van der Waals surface area contributed by atoms with Crippen LogP contribution in [-0.4, -0.2) is 49.9 Å². The topological polar surface area (TPSA) is 84.6 Å². The van der Waals surface area contributed by atoms with Gasteiger partial charge in [-0.05, 0) is 55.5 Å². The summed E-state index contributed by atoms with van der Waals surface area (Å²) in [4.78, 5) is 17.6. The summed E-state index contributed by atoms with van der Waals surface area (Å²) in [7, 11) is 1.60. The zero-order chi connectivity index (χ0) is 29.1. The Morgan fingerprint density at radius 1 is 0.951 bits per heavy atom. The van der Waals surface area contributed by atoms with Gasteiger partial charge >= 0.3 is 6.18 Å². The first-order chi connectivity index (χ1) is 19.7. The molecule has 0 atom stereocenters. The monoisotopic (exact) mass is 570 g/mol. The number of ether oxygens (including phenoxy) is 3. The fourth-order valence-corrected chi connectivity index (χ4v) is 4.82. The average molecular weight is 571 g/mol. The highest BCUT2D eigenvalue weighted by Gasteiger charge is 2.41. The molecule has 0 aliphatic carbocycles. The van der Waals surface area contributed by atoms with E-state index in [4.69, 9.17) is 18.6 Å². The molecule has 1 aliphatic heterocycles. The number of hydrogen-bond donors (Lipinski definition) is 1. The van der Waals surface area contributed by atoms with E-state index in [0.717, 1.165) is 11.4 Å². The highest BCUT2D eigenvalue weighted by Crippen LogP contribution is 2.41. The molecule has 0 unspecified atom stereocenters. The first-order valence-corrected chi connectivity index (χ1v) is 13.1. The van der Waals surface area contributed by atoms with Crippen LogP contribution in [0.1, 0.15) is 18.2 Å². The van der Waals surface area contributed by atoms with Crippen LogP contribution in [0.15, 0.2) is 69.9 Å². The van der Waals surface area contributed by atoms with Crippen molar-refractivity contribution in [1.82, 2.24) is 4.90 Å². The predicted molar refractivity (Wildman–Crippen MR) is 147 cm³/mol. The average Bonchev–Trinajstić information content (AvgIpc) is 2.96. The summed E-state index contributed by atoms with van der Waals surface area (Å²) < 4.78 is 64.2. The molecule has 3 aromatic carbocycles. The van der Waals surface area contributed by atoms with Crippen LogP contribution in [0, 0.1) is 0 Å². The van der Waals surface area contributed by atoms with Crippen molar-refractivity contribution in [3.05, 3.63) is 82.2 Å². The lowest BCUT2D eigenvalue weighted by Gasteiger charge is -2.36. The van der Waals surface area contributed by atoms with E-state index in [2.05, 4.69) is 4.90 Å². The van der Waals surface area contributed by atoms with Crippen molar-refractivity contribution in [2.75, 3.05) is 44.8 Å². The van der Waals surface area contributed by atoms with Crippen LogP contribution in [0.2, 0.25) is 0 Å². The van der Waals surface area contributed by atoms with E-state index in [9.17, 15) is 23.1 Å². The van der Waals surface area contributed by atoms with Gasteiger partial charge in [-0.15, -0.1) is 0 Å². The van der Waals surface area contributed by atoms with E-state index in [0.29, 0.717) is 26.2 Å². The molecule has 216 valence electrons. The number of rotatable bonds is 8. The summed E-state index contributed by atoms with van der Waals surface area (Å²) in [6.07, 6.45) is -5.05.